The zero-order valence-corrected chi connectivity index (χ0v) is 9.64. The highest BCUT2D eigenvalue weighted by Crippen LogP contribution is 2.29. The van der Waals surface area contributed by atoms with Gasteiger partial charge in [-0.1, -0.05) is 17.7 Å². The van der Waals surface area contributed by atoms with Crippen LogP contribution in [0.4, 0.5) is 0 Å². The molecule has 1 aromatic heterocycles. The number of hydrogen-bond donors (Lipinski definition) is 2. The molecule has 0 aliphatic rings. The van der Waals surface area contributed by atoms with Gasteiger partial charge in [0.15, 0.2) is 0 Å². The maximum absolute atomic E-state index is 10.4. The second kappa shape index (κ2) is 4.28. The van der Waals surface area contributed by atoms with Gasteiger partial charge >= 0.3 is 0 Å². The van der Waals surface area contributed by atoms with Crippen LogP contribution in [0.25, 0.3) is 10.9 Å². The summed E-state index contributed by atoms with van der Waals surface area (Å²) in [7, 11) is 0. The van der Waals surface area contributed by atoms with Crippen LogP contribution in [-0.4, -0.2) is 17.3 Å². The topological polar surface area (TPSA) is 58.9 Å². The Kier molecular flexibility index (Phi) is 2.99. The maximum atomic E-state index is 10.4. The molecule has 0 bridgehead atoms. The third-order valence-electron chi connectivity index (χ3n) is 2.67. The van der Waals surface area contributed by atoms with E-state index in [2.05, 4.69) is 4.98 Å². The van der Waals surface area contributed by atoms with Gasteiger partial charge in [0.05, 0.1) is 16.6 Å². The Morgan fingerprint density at radius 1 is 1.56 bits per heavy atom. The number of rotatable bonds is 3. The predicted octanol–water partition coefficient (Wildman–Crippen LogP) is 2.11. The van der Waals surface area contributed by atoms with Crippen molar-refractivity contribution in [1.29, 1.82) is 0 Å². The van der Waals surface area contributed by atoms with E-state index in [0.29, 0.717) is 11.4 Å². The van der Waals surface area contributed by atoms with Crippen molar-refractivity contribution >= 4 is 28.8 Å². The Labute approximate surface area is 98.6 Å². The van der Waals surface area contributed by atoms with E-state index in [4.69, 9.17) is 17.3 Å². The molecule has 0 unspecified atom stereocenters. The average Bonchev–Trinajstić information content (AvgIpc) is 2.68. The maximum Gasteiger partial charge on any atom is 0.217 e. The van der Waals surface area contributed by atoms with E-state index < -0.39 is 6.04 Å². The van der Waals surface area contributed by atoms with Crippen LogP contribution in [0.15, 0.2) is 18.3 Å². The molecular weight excluding hydrogens is 224 g/mol. The number of benzene rings is 1. The number of nitrogens with one attached hydrogen (secondary N) is 1. The summed E-state index contributed by atoms with van der Waals surface area (Å²) in [5.74, 6) is 0. The molecule has 0 spiro atoms. The van der Waals surface area contributed by atoms with Crippen LogP contribution < -0.4 is 5.73 Å². The second-order valence-electron chi connectivity index (χ2n) is 3.86. The van der Waals surface area contributed by atoms with E-state index in [-0.39, 0.29) is 0 Å². The summed E-state index contributed by atoms with van der Waals surface area (Å²) in [4.78, 5) is 13.6. The lowest BCUT2D eigenvalue weighted by atomic mass is 10.0. The molecule has 1 atom stereocenters. The number of hydrogen-bond acceptors (Lipinski definition) is 2. The molecule has 16 heavy (non-hydrogen) atoms. The van der Waals surface area contributed by atoms with Crippen molar-refractivity contribution in [2.75, 3.05) is 0 Å². The number of nitrogens with two attached hydrogens (primary N) is 1. The summed E-state index contributed by atoms with van der Waals surface area (Å²) in [6, 6.07) is 3.21. The highest BCUT2D eigenvalue weighted by atomic mass is 35.5. The van der Waals surface area contributed by atoms with Crippen molar-refractivity contribution in [3.05, 3.63) is 34.5 Å². The van der Waals surface area contributed by atoms with Gasteiger partial charge in [-0.05, 0) is 30.5 Å². The quantitative estimate of drug-likeness (QED) is 0.856. The van der Waals surface area contributed by atoms with Crippen LogP contribution in [0.2, 0.25) is 5.02 Å². The van der Waals surface area contributed by atoms with Gasteiger partial charge in [-0.2, -0.15) is 0 Å². The summed E-state index contributed by atoms with van der Waals surface area (Å²) >= 11 is 6.14. The molecule has 4 heteroatoms. The number of aromatic amines is 1. The van der Waals surface area contributed by atoms with Crippen molar-refractivity contribution < 1.29 is 4.79 Å². The molecule has 3 nitrogen and oxygen atoms in total. The SMILES string of the molecule is Cc1ccc(Cl)c2c(C[C@H](N)[C]=O)c[nH]c12. The number of aryl methyl sites for hydroxylation is 1. The number of carbonyl (C=O) groups excluding carboxylic acids is 1. The molecule has 0 amide bonds. The van der Waals surface area contributed by atoms with Gasteiger partial charge in [0.1, 0.15) is 0 Å². The van der Waals surface area contributed by atoms with Gasteiger partial charge in [-0.25, -0.2) is 0 Å². The number of halogens is 1. The minimum Gasteiger partial charge on any atom is -0.361 e. The molecule has 1 heterocycles. The van der Waals surface area contributed by atoms with Crippen LogP contribution in [0.5, 0.6) is 0 Å². The molecule has 0 aliphatic carbocycles. The lowest BCUT2D eigenvalue weighted by molar-refractivity contribution is 0.541. The van der Waals surface area contributed by atoms with Crippen molar-refractivity contribution in [3.63, 3.8) is 0 Å². The van der Waals surface area contributed by atoms with Gasteiger partial charge in [0.25, 0.3) is 0 Å². The first kappa shape index (κ1) is 11.2. The number of fused-ring (bicyclic) bond motifs is 1. The highest BCUT2D eigenvalue weighted by Gasteiger charge is 2.12. The monoisotopic (exact) mass is 235 g/mol. The van der Waals surface area contributed by atoms with E-state index >= 15 is 0 Å². The van der Waals surface area contributed by atoms with E-state index in [1.807, 2.05) is 25.3 Å². The third kappa shape index (κ3) is 1.84. The van der Waals surface area contributed by atoms with Crippen molar-refractivity contribution in [2.45, 2.75) is 19.4 Å². The largest absolute Gasteiger partial charge is 0.361 e. The first-order chi connectivity index (χ1) is 7.63. The van der Waals surface area contributed by atoms with Gasteiger partial charge in [0, 0.05) is 11.6 Å². The van der Waals surface area contributed by atoms with Crippen molar-refractivity contribution in [3.8, 4) is 0 Å². The van der Waals surface area contributed by atoms with Gasteiger partial charge in [-0.3, -0.25) is 4.79 Å². The Balaban J connectivity index is 2.55. The fourth-order valence-electron chi connectivity index (χ4n) is 1.85. The van der Waals surface area contributed by atoms with Crippen LogP contribution in [0, 0.1) is 6.92 Å². The second-order valence-corrected chi connectivity index (χ2v) is 4.26. The van der Waals surface area contributed by atoms with Crippen LogP contribution >= 0.6 is 11.6 Å². The van der Waals surface area contributed by atoms with Crippen LogP contribution in [-0.2, 0) is 11.2 Å². The average molecular weight is 236 g/mol. The Morgan fingerprint density at radius 3 is 3.00 bits per heavy atom. The lowest BCUT2D eigenvalue weighted by Gasteiger charge is -2.04. The fourth-order valence-corrected chi connectivity index (χ4v) is 2.13. The highest BCUT2D eigenvalue weighted by molar-refractivity contribution is 6.35. The molecule has 1 aromatic carbocycles. The van der Waals surface area contributed by atoms with Gasteiger partial charge in [0.2, 0.25) is 6.29 Å². The minimum absolute atomic E-state index is 0.451. The first-order valence-corrected chi connectivity index (χ1v) is 5.39. The molecule has 0 saturated carbocycles. The molecule has 2 aromatic rings. The summed E-state index contributed by atoms with van der Waals surface area (Å²) in [6.45, 7) is 2.00. The van der Waals surface area contributed by atoms with E-state index in [0.717, 1.165) is 22.0 Å². The third-order valence-corrected chi connectivity index (χ3v) is 2.98. The Morgan fingerprint density at radius 2 is 2.31 bits per heavy atom. The molecule has 0 aliphatic heterocycles. The Hall–Kier alpha value is -1.32. The van der Waals surface area contributed by atoms with E-state index in [1.54, 1.807) is 6.29 Å². The summed E-state index contributed by atoms with van der Waals surface area (Å²) in [5, 5.41) is 1.63. The smallest absolute Gasteiger partial charge is 0.217 e. The molecule has 0 saturated heterocycles. The summed E-state index contributed by atoms with van der Waals surface area (Å²) in [5.41, 5.74) is 8.64. The van der Waals surface area contributed by atoms with Gasteiger partial charge in [-0.15, -0.1) is 0 Å². The standard InChI is InChI=1S/C12H12ClN2O/c1-7-2-3-10(13)11-8(4-9(14)6-16)5-15-12(7)11/h2-3,5,9,15H,4,14H2,1H3/t9-/m0/s1. The molecule has 83 valence electrons. The summed E-state index contributed by atoms with van der Waals surface area (Å²) < 4.78 is 0. The zero-order valence-electron chi connectivity index (χ0n) is 8.88. The number of aromatic nitrogens is 1. The van der Waals surface area contributed by atoms with E-state index in [1.165, 1.54) is 0 Å². The predicted molar refractivity (Wildman–Crippen MR) is 65.4 cm³/mol. The molecular formula is C12H12ClN2O. The fraction of sp³-hybridized carbons (Fsp3) is 0.250. The molecule has 3 N–H and O–H groups in total. The van der Waals surface area contributed by atoms with E-state index in [9.17, 15) is 4.79 Å². The van der Waals surface area contributed by atoms with Crippen LogP contribution in [0.3, 0.4) is 0 Å². The molecule has 1 radical (unpaired) electrons. The van der Waals surface area contributed by atoms with Crippen LogP contribution in [0.1, 0.15) is 11.1 Å². The summed E-state index contributed by atoms with van der Waals surface area (Å²) in [6.07, 6.45) is 4.07. The number of H-pyrrole nitrogens is 1. The first-order valence-electron chi connectivity index (χ1n) is 5.01. The molecule has 0 fully saturated rings. The minimum atomic E-state index is -0.601. The van der Waals surface area contributed by atoms with Crippen molar-refractivity contribution in [2.24, 2.45) is 5.73 Å². The lowest BCUT2D eigenvalue weighted by Crippen LogP contribution is -2.23. The molecule has 2 rings (SSSR count). The van der Waals surface area contributed by atoms with Crippen molar-refractivity contribution in [1.82, 2.24) is 4.98 Å². The zero-order chi connectivity index (χ0) is 11.7. The van der Waals surface area contributed by atoms with Gasteiger partial charge < -0.3 is 10.7 Å². The Bertz CT molecular complexity index is 533. The normalized spacial score (nSPS) is 12.9.